The molecule has 0 amide bonds. The van der Waals surface area contributed by atoms with E-state index in [1.165, 1.54) is 24.3 Å². The number of benzene rings is 2. The van der Waals surface area contributed by atoms with E-state index in [0.717, 1.165) is 6.07 Å². The number of rotatable bonds is 5. The largest absolute Gasteiger partial charge is 0.508 e. The molecule has 3 rings (SSSR count). The van der Waals surface area contributed by atoms with Gasteiger partial charge >= 0.3 is 0 Å². The fourth-order valence-corrected chi connectivity index (χ4v) is 3.49. The molecule has 1 aliphatic heterocycles. The van der Waals surface area contributed by atoms with Gasteiger partial charge in [0.2, 0.25) is 5.78 Å². The molecule has 3 unspecified atom stereocenters. The van der Waals surface area contributed by atoms with Gasteiger partial charge in [0, 0.05) is 11.1 Å². The van der Waals surface area contributed by atoms with E-state index in [2.05, 4.69) is 0 Å². The standard InChI is InChI=1S/C20H22O10/c21-6-9-5-11(24)14(15(25)8-1-3-10(23)4-2-8)17(27)13(9)20-19(29)18(28)16(26)12(7-22)30-20/h1-5,12,16,18-24,26-29H,6-7H2/t12?,16-,18?,19?,20+/m1/s1. The monoisotopic (exact) mass is 422 g/mol. The SMILES string of the molecule is O=C(c1ccc(O)cc1)c1c(O)cc(CO)c([C@@H]2OC(CO)[C@@H](O)C(O)C2O)c1O. The molecule has 0 bridgehead atoms. The summed E-state index contributed by atoms with van der Waals surface area (Å²) in [5.41, 5.74) is -0.911. The van der Waals surface area contributed by atoms with Crippen LogP contribution in [0.15, 0.2) is 30.3 Å². The highest BCUT2D eigenvalue weighted by Crippen LogP contribution is 2.43. The highest BCUT2D eigenvalue weighted by Gasteiger charge is 2.46. The topological polar surface area (TPSA) is 188 Å². The average molecular weight is 422 g/mol. The zero-order chi connectivity index (χ0) is 22.2. The Morgan fingerprint density at radius 2 is 1.57 bits per heavy atom. The Hall–Kier alpha value is -2.73. The predicted molar refractivity (Wildman–Crippen MR) is 100.0 cm³/mol. The van der Waals surface area contributed by atoms with Gasteiger partial charge in [0.25, 0.3) is 0 Å². The summed E-state index contributed by atoms with van der Waals surface area (Å²) in [6.07, 6.45) is -7.99. The Bertz CT molecular complexity index is 924. The summed E-state index contributed by atoms with van der Waals surface area (Å²) in [7, 11) is 0. The Kier molecular flexibility index (Phi) is 6.27. The van der Waals surface area contributed by atoms with Crippen molar-refractivity contribution in [3.8, 4) is 17.2 Å². The van der Waals surface area contributed by atoms with Crippen molar-refractivity contribution in [2.75, 3.05) is 6.61 Å². The van der Waals surface area contributed by atoms with E-state index in [1.807, 2.05) is 0 Å². The molecule has 1 aliphatic rings. The first-order valence-corrected chi connectivity index (χ1v) is 9.04. The van der Waals surface area contributed by atoms with Crippen molar-refractivity contribution >= 4 is 5.78 Å². The number of ketones is 1. The molecule has 1 fully saturated rings. The van der Waals surface area contributed by atoms with Gasteiger partial charge in [0.15, 0.2) is 0 Å². The lowest BCUT2D eigenvalue weighted by Gasteiger charge is -2.41. The van der Waals surface area contributed by atoms with E-state index in [1.54, 1.807) is 0 Å². The molecule has 0 radical (unpaired) electrons. The number of aliphatic hydroxyl groups excluding tert-OH is 5. The van der Waals surface area contributed by atoms with Crippen LogP contribution in [0.1, 0.15) is 33.2 Å². The molecule has 0 aromatic heterocycles. The zero-order valence-corrected chi connectivity index (χ0v) is 15.6. The number of ether oxygens (including phenoxy) is 1. The second-order valence-electron chi connectivity index (χ2n) is 6.98. The number of phenolic OH excluding ortho intramolecular Hbond substituents is 3. The molecule has 0 aliphatic carbocycles. The summed E-state index contributed by atoms with van der Waals surface area (Å²) in [4.78, 5) is 12.9. The Morgan fingerprint density at radius 1 is 0.933 bits per heavy atom. The Labute approximate surface area is 170 Å². The van der Waals surface area contributed by atoms with Crippen LogP contribution in [-0.2, 0) is 11.3 Å². The molecule has 2 aromatic carbocycles. The van der Waals surface area contributed by atoms with Crippen LogP contribution in [0.5, 0.6) is 17.2 Å². The van der Waals surface area contributed by atoms with Gasteiger partial charge in [-0.1, -0.05) is 0 Å². The van der Waals surface area contributed by atoms with Crippen molar-refractivity contribution in [2.45, 2.75) is 37.1 Å². The lowest BCUT2D eigenvalue weighted by molar-refractivity contribution is -0.232. The van der Waals surface area contributed by atoms with Crippen molar-refractivity contribution in [3.63, 3.8) is 0 Å². The summed E-state index contributed by atoms with van der Waals surface area (Å²) in [5.74, 6) is -2.37. The van der Waals surface area contributed by atoms with Gasteiger partial charge in [-0.15, -0.1) is 0 Å². The second-order valence-corrected chi connectivity index (χ2v) is 6.98. The lowest BCUT2D eigenvalue weighted by atomic mass is 9.86. The summed E-state index contributed by atoms with van der Waals surface area (Å²) in [6.45, 7) is -1.44. The van der Waals surface area contributed by atoms with Gasteiger partial charge in [-0.3, -0.25) is 4.79 Å². The number of aromatic hydroxyl groups is 3. The van der Waals surface area contributed by atoms with Gasteiger partial charge in [-0.25, -0.2) is 0 Å². The van der Waals surface area contributed by atoms with Crippen molar-refractivity contribution in [3.05, 3.63) is 52.6 Å². The van der Waals surface area contributed by atoms with E-state index in [0.29, 0.717) is 0 Å². The van der Waals surface area contributed by atoms with Crippen LogP contribution >= 0.6 is 0 Å². The van der Waals surface area contributed by atoms with E-state index >= 15 is 0 Å². The number of carbonyl (C=O) groups is 1. The smallest absolute Gasteiger partial charge is 0.200 e. The quantitative estimate of drug-likeness (QED) is 0.279. The molecule has 10 heteroatoms. The van der Waals surface area contributed by atoms with E-state index < -0.39 is 66.6 Å². The first-order chi connectivity index (χ1) is 14.2. The van der Waals surface area contributed by atoms with Gasteiger partial charge in [0.05, 0.1) is 13.2 Å². The number of carbonyl (C=O) groups excluding carboxylic acids is 1. The fourth-order valence-electron chi connectivity index (χ4n) is 3.49. The molecule has 10 nitrogen and oxygen atoms in total. The fraction of sp³-hybridized carbons (Fsp3) is 0.350. The first-order valence-electron chi connectivity index (χ1n) is 9.04. The highest BCUT2D eigenvalue weighted by molar-refractivity contribution is 6.12. The number of hydrogen-bond acceptors (Lipinski definition) is 10. The third-order valence-corrected chi connectivity index (χ3v) is 5.11. The van der Waals surface area contributed by atoms with Gasteiger partial charge < -0.3 is 45.6 Å². The molecule has 0 spiro atoms. The summed E-state index contributed by atoms with van der Waals surface area (Å²) < 4.78 is 5.43. The van der Waals surface area contributed by atoms with Crippen LogP contribution in [0.4, 0.5) is 0 Å². The van der Waals surface area contributed by atoms with E-state index in [9.17, 15) is 45.6 Å². The molecule has 1 heterocycles. The Morgan fingerprint density at radius 3 is 2.13 bits per heavy atom. The zero-order valence-electron chi connectivity index (χ0n) is 15.6. The van der Waals surface area contributed by atoms with Gasteiger partial charge in [0.1, 0.15) is 53.3 Å². The summed E-state index contributed by atoms with van der Waals surface area (Å²) >= 11 is 0. The minimum atomic E-state index is -1.78. The van der Waals surface area contributed by atoms with Crippen LogP contribution in [-0.4, -0.2) is 77.7 Å². The summed E-state index contributed by atoms with van der Waals surface area (Å²) in [6, 6.07) is 6.02. The molecular formula is C20H22O10. The maximum atomic E-state index is 12.9. The number of hydrogen-bond donors (Lipinski definition) is 8. The molecule has 30 heavy (non-hydrogen) atoms. The molecule has 1 saturated heterocycles. The minimum Gasteiger partial charge on any atom is -0.508 e. The van der Waals surface area contributed by atoms with Crippen molar-refractivity contribution in [1.82, 2.24) is 0 Å². The molecule has 8 N–H and O–H groups in total. The summed E-state index contributed by atoms with van der Waals surface area (Å²) in [5, 5.41) is 79.9. The maximum Gasteiger partial charge on any atom is 0.200 e. The van der Waals surface area contributed by atoms with E-state index in [4.69, 9.17) is 4.74 Å². The Balaban J connectivity index is 2.14. The van der Waals surface area contributed by atoms with E-state index in [-0.39, 0.29) is 22.4 Å². The number of aliphatic hydroxyl groups is 5. The van der Waals surface area contributed by atoms with Crippen molar-refractivity contribution in [1.29, 1.82) is 0 Å². The third-order valence-electron chi connectivity index (χ3n) is 5.11. The minimum absolute atomic E-state index is 0.0231. The highest BCUT2D eigenvalue weighted by atomic mass is 16.5. The van der Waals surface area contributed by atoms with Crippen molar-refractivity contribution < 1.29 is 50.4 Å². The predicted octanol–water partition coefficient (Wildman–Crippen LogP) is -0.958. The molecule has 5 atom stereocenters. The molecular weight excluding hydrogens is 400 g/mol. The van der Waals surface area contributed by atoms with Crippen LogP contribution in [0.25, 0.3) is 0 Å². The van der Waals surface area contributed by atoms with Crippen LogP contribution < -0.4 is 0 Å². The van der Waals surface area contributed by atoms with Gasteiger partial charge in [-0.05, 0) is 35.9 Å². The van der Waals surface area contributed by atoms with Crippen LogP contribution in [0, 0.1) is 0 Å². The third kappa shape index (κ3) is 3.72. The van der Waals surface area contributed by atoms with Crippen LogP contribution in [0.2, 0.25) is 0 Å². The molecule has 162 valence electrons. The van der Waals surface area contributed by atoms with Gasteiger partial charge in [-0.2, -0.15) is 0 Å². The maximum absolute atomic E-state index is 12.9. The normalized spacial score (nSPS) is 26.5. The lowest BCUT2D eigenvalue weighted by Crippen LogP contribution is -2.55. The number of phenols is 3. The van der Waals surface area contributed by atoms with Crippen molar-refractivity contribution in [2.24, 2.45) is 0 Å². The average Bonchev–Trinajstić information content (AvgIpc) is 2.73. The second kappa shape index (κ2) is 8.56. The molecule has 2 aromatic rings. The molecule has 0 saturated carbocycles. The first kappa shape index (κ1) is 22.0. The van der Waals surface area contributed by atoms with Crippen LogP contribution in [0.3, 0.4) is 0 Å².